The summed E-state index contributed by atoms with van der Waals surface area (Å²) >= 11 is 0. The Balaban J connectivity index is 0.00000208. The molecule has 1 heterocycles. The summed E-state index contributed by atoms with van der Waals surface area (Å²) in [5.41, 5.74) is 2.26. The largest absolute Gasteiger partial charge is 0.393 e. The van der Waals surface area contributed by atoms with E-state index in [-0.39, 0.29) is 30.5 Å². The molecule has 24 heavy (non-hydrogen) atoms. The van der Waals surface area contributed by atoms with E-state index in [1.165, 1.54) is 5.56 Å². The van der Waals surface area contributed by atoms with Gasteiger partial charge in [-0.3, -0.25) is 4.79 Å². The number of hydrogen-bond donors (Lipinski definition) is 3. The van der Waals surface area contributed by atoms with Crippen molar-refractivity contribution in [3.8, 4) is 0 Å². The third-order valence-corrected chi connectivity index (χ3v) is 5.32. The first kappa shape index (κ1) is 19.2. The first-order valence-corrected chi connectivity index (χ1v) is 8.85. The minimum Gasteiger partial charge on any atom is -0.393 e. The van der Waals surface area contributed by atoms with E-state index in [9.17, 15) is 9.90 Å². The molecule has 1 aromatic rings. The molecular formula is C19H29ClN2O2. The number of carbonyl (C=O) groups excluding carboxylic acids is 1. The molecule has 2 fully saturated rings. The molecule has 0 spiro atoms. The van der Waals surface area contributed by atoms with Gasteiger partial charge in [-0.05, 0) is 63.1 Å². The van der Waals surface area contributed by atoms with E-state index in [1.807, 2.05) is 12.1 Å². The lowest BCUT2D eigenvalue weighted by molar-refractivity contribution is -0.123. The van der Waals surface area contributed by atoms with Crippen LogP contribution < -0.4 is 10.6 Å². The number of nitrogens with one attached hydrogen (secondary N) is 2. The molecule has 1 saturated carbocycles. The molecule has 134 valence electrons. The van der Waals surface area contributed by atoms with Crippen LogP contribution in [0.4, 0.5) is 0 Å². The molecular weight excluding hydrogens is 324 g/mol. The van der Waals surface area contributed by atoms with E-state index in [4.69, 9.17) is 0 Å². The summed E-state index contributed by atoms with van der Waals surface area (Å²) < 4.78 is 0. The average molecular weight is 353 g/mol. The maximum absolute atomic E-state index is 12.5. The highest BCUT2D eigenvalue weighted by molar-refractivity contribution is 5.85. The Morgan fingerprint density at radius 3 is 2.62 bits per heavy atom. The Morgan fingerprint density at radius 2 is 2.00 bits per heavy atom. The highest BCUT2D eigenvalue weighted by Gasteiger charge is 2.39. The molecule has 1 amide bonds. The first-order valence-electron chi connectivity index (χ1n) is 8.85. The number of aliphatic hydroxyl groups is 1. The van der Waals surface area contributed by atoms with Gasteiger partial charge in [0.1, 0.15) is 0 Å². The maximum atomic E-state index is 12.5. The minimum absolute atomic E-state index is 0. The minimum atomic E-state index is -0.169. The zero-order chi connectivity index (χ0) is 16.2. The summed E-state index contributed by atoms with van der Waals surface area (Å²) in [6.07, 6.45) is 4.17. The SMILES string of the molecule is Cc1cccc(CC(=O)NC(C2CCNCC2)C2CC(O)C2)c1.Cl. The van der Waals surface area contributed by atoms with E-state index in [1.54, 1.807) is 0 Å². The number of piperidine rings is 1. The van der Waals surface area contributed by atoms with Gasteiger partial charge in [0, 0.05) is 6.04 Å². The Hall–Kier alpha value is -1.10. The molecule has 4 nitrogen and oxygen atoms in total. The van der Waals surface area contributed by atoms with Crippen molar-refractivity contribution in [3.05, 3.63) is 35.4 Å². The van der Waals surface area contributed by atoms with Gasteiger partial charge in [0.2, 0.25) is 5.91 Å². The topological polar surface area (TPSA) is 61.4 Å². The number of hydrogen-bond acceptors (Lipinski definition) is 3. The van der Waals surface area contributed by atoms with E-state index >= 15 is 0 Å². The quantitative estimate of drug-likeness (QED) is 0.761. The van der Waals surface area contributed by atoms with Gasteiger partial charge in [0.05, 0.1) is 12.5 Å². The second kappa shape index (κ2) is 8.84. The van der Waals surface area contributed by atoms with Crippen molar-refractivity contribution < 1.29 is 9.90 Å². The predicted molar refractivity (Wildman–Crippen MR) is 98.4 cm³/mol. The van der Waals surface area contributed by atoms with Gasteiger partial charge < -0.3 is 15.7 Å². The fourth-order valence-corrected chi connectivity index (χ4v) is 3.99. The van der Waals surface area contributed by atoms with Crippen molar-refractivity contribution in [1.82, 2.24) is 10.6 Å². The molecule has 2 aliphatic rings. The lowest BCUT2D eigenvalue weighted by atomic mass is 9.71. The molecule has 5 heteroatoms. The highest BCUT2D eigenvalue weighted by atomic mass is 35.5. The van der Waals surface area contributed by atoms with Gasteiger partial charge >= 0.3 is 0 Å². The molecule has 1 saturated heterocycles. The van der Waals surface area contributed by atoms with Gasteiger partial charge in [0.15, 0.2) is 0 Å². The van der Waals surface area contributed by atoms with Gasteiger partial charge in [-0.25, -0.2) is 0 Å². The van der Waals surface area contributed by atoms with Crippen molar-refractivity contribution in [2.75, 3.05) is 13.1 Å². The van der Waals surface area contributed by atoms with E-state index in [0.717, 1.165) is 44.3 Å². The number of aryl methyl sites for hydroxylation is 1. The Kier molecular flexibility index (Phi) is 7.08. The van der Waals surface area contributed by atoms with Crippen LogP contribution in [0.25, 0.3) is 0 Å². The van der Waals surface area contributed by atoms with Crippen LogP contribution in [-0.2, 0) is 11.2 Å². The van der Waals surface area contributed by atoms with Gasteiger partial charge in [-0.2, -0.15) is 0 Å². The molecule has 3 rings (SSSR count). The highest BCUT2D eigenvalue weighted by Crippen LogP contribution is 2.35. The summed E-state index contributed by atoms with van der Waals surface area (Å²) in [4.78, 5) is 12.5. The molecule has 3 N–H and O–H groups in total. The number of benzene rings is 1. The number of aliphatic hydroxyl groups excluding tert-OH is 1. The summed E-state index contributed by atoms with van der Waals surface area (Å²) in [5, 5.41) is 16.3. The number of carbonyl (C=O) groups is 1. The summed E-state index contributed by atoms with van der Waals surface area (Å²) in [5.74, 6) is 1.09. The predicted octanol–water partition coefficient (Wildman–Crippen LogP) is 2.21. The van der Waals surface area contributed by atoms with Crippen LogP contribution in [0.5, 0.6) is 0 Å². The fraction of sp³-hybridized carbons (Fsp3) is 0.632. The molecule has 0 aromatic heterocycles. The molecule has 1 aromatic carbocycles. The standard InChI is InChI=1S/C19H28N2O2.ClH/c1-13-3-2-4-14(9-13)10-18(23)21-19(16-11-17(22)12-16)15-5-7-20-8-6-15;/h2-4,9,15-17,19-20,22H,5-8,10-12H2,1H3,(H,21,23);1H. The zero-order valence-corrected chi connectivity index (χ0v) is 15.1. The number of rotatable bonds is 5. The molecule has 1 aliphatic heterocycles. The van der Waals surface area contributed by atoms with E-state index < -0.39 is 0 Å². The molecule has 1 aliphatic carbocycles. The van der Waals surface area contributed by atoms with Crippen LogP contribution in [0, 0.1) is 18.8 Å². The van der Waals surface area contributed by atoms with Crippen molar-refractivity contribution in [2.45, 2.75) is 51.2 Å². The van der Waals surface area contributed by atoms with Crippen LogP contribution in [-0.4, -0.2) is 36.2 Å². The molecule has 0 radical (unpaired) electrons. The Bertz CT molecular complexity index is 540. The fourth-order valence-electron chi connectivity index (χ4n) is 3.99. The second-order valence-corrected chi connectivity index (χ2v) is 7.23. The van der Waals surface area contributed by atoms with Crippen molar-refractivity contribution >= 4 is 18.3 Å². The second-order valence-electron chi connectivity index (χ2n) is 7.23. The molecule has 1 atom stereocenters. The molecule has 1 unspecified atom stereocenters. The third kappa shape index (κ3) is 4.95. The summed E-state index contributed by atoms with van der Waals surface area (Å²) in [6, 6.07) is 8.36. The number of amides is 1. The Labute approximate surface area is 150 Å². The van der Waals surface area contributed by atoms with Crippen molar-refractivity contribution in [2.24, 2.45) is 11.8 Å². The third-order valence-electron chi connectivity index (χ3n) is 5.32. The van der Waals surface area contributed by atoms with Crippen LogP contribution in [0.15, 0.2) is 24.3 Å². The Morgan fingerprint density at radius 1 is 1.29 bits per heavy atom. The zero-order valence-electron chi connectivity index (χ0n) is 14.3. The lowest BCUT2D eigenvalue weighted by Gasteiger charge is -2.43. The summed E-state index contributed by atoms with van der Waals surface area (Å²) in [7, 11) is 0. The van der Waals surface area contributed by atoms with Crippen LogP contribution in [0.3, 0.4) is 0 Å². The lowest BCUT2D eigenvalue weighted by Crippen LogP contribution is -2.53. The van der Waals surface area contributed by atoms with E-state index in [2.05, 4.69) is 29.7 Å². The summed E-state index contributed by atoms with van der Waals surface area (Å²) in [6.45, 7) is 4.11. The maximum Gasteiger partial charge on any atom is 0.224 e. The van der Waals surface area contributed by atoms with Crippen LogP contribution in [0.2, 0.25) is 0 Å². The van der Waals surface area contributed by atoms with Crippen LogP contribution in [0.1, 0.15) is 36.8 Å². The van der Waals surface area contributed by atoms with Gasteiger partial charge in [-0.15, -0.1) is 12.4 Å². The van der Waals surface area contributed by atoms with Gasteiger partial charge in [-0.1, -0.05) is 29.8 Å². The molecule has 0 bridgehead atoms. The average Bonchev–Trinajstić information content (AvgIpc) is 2.51. The monoisotopic (exact) mass is 352 g/mol. The first-order chi connectivity index (χ1) is 11.1. The van der Waals surface area contributed by atoms with Crippen LogP contribution >= 0.6 is 12.4 Å². The normalized spacial score (nSPS) is 25.2. The van der Waals surface area contributed by atoms with Gasteiger partial charge in [0.25, 0.3) is 0 Å². The van der Waals surface area contributed by atoms with Crippen molar-refractivity contribution in [3.63, 3.8) is 0 Å². The number of halogens is 1. The van der Waals surface area contributed by atoms with Crippen molar-refractivity contribution in [1.29, 1.82) is 0 Å². The van der Waals surface area contributed by atoms with E-state index in [0.29, 0.717) is 18.3 Å². The smallest absolute Gasteiger partial charge is 0.224 e.